The number of rotatable bonds is 3. The second-order valence-electron chi connectivity index (χ2n) is 4.17. The van der Waals surface area contributed by atoms with E-state index in [1.165, 1.54) is 12.8 Å². The Hall–Kier alpha value is -0.590. The second-order valence-corrected chi connectivity index (χ2v) is 4.17. The summed E-state index contributed by atoms with van der Waals surface area (Å²) in [4.78, 5) is 0. The van der Waals surface area contributed by atoms with Gasteiger partial charge >= 0.3 is 0 Å². The first-order chi connectivity index (χ1) is 6.35. The molecule has 3 nitrogen and oxygen atoms in total. The Kier molecular flexibility index (Phi) is 2.52. The molecule has 13 heavy (non-hydrogen) atoms. The molecule has 3 heteroatoms. The highest BCUT2D eigenvalue weighted by Gasteiger charge is 2.34. The largest absolute Gasteiger partial charge is 0.378 e. The molecule has 1 saturated carbocycles. The Morgan fingerprint density at radius 2 is 2.38 bits per heavy atom. The van der Waals surface area contributed by atoms with Gasteiger partial charge < -0.3 is 4.74 Å². The van der Waals surface area contributed by atoms with E-state index in [-0.39, 0.29) is 5.54 Å². The van der Waals surface area contributed by atoms with Crippen LogP contribution in [0.15, 0.2) is 0 Å². The van der Waals surface area contributed by atoms with E-state index in [4.69, 9.17) is 10.00 Å². The molecule has 0 amide bonds. The van der Waals surface area contributed by atoms with E-state index in [1.54, 1.807) is 0 Å². The van der Waals surface area contributed by atoms with Crippen LogP contribution in [0.25, 0.3) is 0 Å². The van der Waals surface area contributed by atoms with Gasteiger partial charge in [0, 0.05) is 6.61 Å². The van der Waals surface area contributed by atoms with E-state index in [2.05, 4.69) is 11.4 Å². The fourth-order valence-electron chi connectivity index (χ4n) is 1.72. The van der Waals surface area contributed by atoms with Crippen molar-refractivity contribution in [3.63, 3.8) is 0 Å². The van der Waals surface area contributed by atoms with Crippen molar-refractivity contribution in [2.45, 2.75) is 31.2 Å². The molecule has 1 unspecified atom stereocenters. The van der Waals surface area contributed by atoms with Crippen LogP contribution in [0.4, 0.5) is 0 Å². The molecular weight excluding hydrogens is 164 g/mol. The van der Waals surface area contributed by atoms with Crippen LogP contribution < -0.4 is 5.32 Å². The highest BCUT2D eigenvalue weighted by atomic mass is 16.5. The normalized spacial score (nSPS) is 34.1. The Balaban J connectivity index is 1.85. The highest BCUT2D eigenvalue weighted by Crippen LogP contribution is 2.29. The zero-order valence-corrected chi connectivity index (χ0v) is 7.88. The van der Waals surface area contributed by atoms with Gasteiger partial charge in [0.15, 0.2) is 0 Å². The molecule has 0 aromatic rings. The number of nitriles is 1. The summed E-state index contributed by atoms with van der Waals surface area (Å²) in [5.74, 6) is 0.826. The van der Waals surface area contributed by atoms with Crippen LogP contribution in [0.2, 0.25) is 0 Å². The van der Waals surface area contributed by atoms with Crippen molar-refractivity contribution in [2.75, 3.05) is 19.8 Å². The molecule has 0 spiro atoms. The van der Waals surface area contributed by atoms with Gasteiger partial charge in [-0.1, -0.05) is 0 Å². The average Bonchev–Trinajstić information content (AvgIpc) is 3.00. The minimum Gasteiger partial charge on any atom is -0.378 e. The Labute approximate surface area is 79.1 Å². The van der Waals surface area contributed by atoms with Crippen LogP contribution in [0.3, 0.4) is 0 Å². The van der Waals surface area contributed by atoms with Crippen LogP contribution in [-0.4, -0.2) is 25.3 Å². The first-order valence-electron chi connectivity index (χ1n) is 5.09. The average molecular weight is 180 g/mol. The van der Waals surface area contributed by atoms with Crippen LogP contribution in [0.5, 0.6) is 0 Å². The maximum Gasteiger partial charge on any atom is 0.130 e. The lowest BCUT2D eigenvalue weighted by atomic mass is 9.94. The molecule has 1 saturated heterocycles. The predicted octanol–water partition coefficient (Wildman–Crippen LogP) is 1.06. The van der Waals surface area contributed by atoms with Crippen molar-refractivity contribution in [1.29, 1.82) is 5.26 Å². The summed E-state index contributed by atoms with van der Waals surface area (Å²) in [5, 5.41) is 12.4. The van der Waals surface area contributed by atoms with Gasteiger partial charge in [0.05, 0.1) is 12.7 Å². The molecule has 1 N–H and O–H groups in total. The fraction of sp³-hybridized carbons (Fsp3) is 0.900. The lowest BCUT2D eigenvalue weighted by Crippen LogP contribution is -2.51. The standard InChI is InChI=1S/C10H16N2O/c11-7-10(4-1-5-13-8-10)12-6-9-2-3-9/h9,12H,1-6,8H2. The molecule has 1 aliphatic heterocycles. The Morgan fingerprint density at radius 1 is 1.54 bits per heavy atom. The topological polar surface area (TPSA) is 45.0 Å². The lowest BCUT2D eigenvalue weighted by molar-refractivity contribution is 0.0439. The van der Waals surface area contributed by atoms with Crippen LogP contribution >= 0.6 is 0 Å². The smallest absolute Gasteiger partial charge is 0.130 e. The Bertz CT molecular complexity index is 211. The zero-order valence-electron chi connectivity index (χ0n) is 7.88. The molecule has 72 valence electrons. The van der Waals surface area contributed by atoms with Gasteiger partial charge in [-0.05, 0) is 38.1 Å². The molecule has 0 aromatic carbocycles. The maximum atomic E-state index is 9.08. The van der Waals surface area contributed by atoms with Gasteiger partial charge in [0.2, 0.25) is 0 Å². The van der Waals surface area contributed by atoms with Gasteiger partial charge in [-0.3, -0.25) is 5.32 Å². The van der Waals surface area contributed by atoms with Crippen molar-refractivity contribution >= 4 is 0 Å². The van der Waals surface area contributed by atoms with E-state index < -0.39 is 0 Å². The molecule has 1 heterocycles. The van der Waals surface area contributed by atoms with Crippen LogP contribution in [0, 0.1) is 17.2 Å². The first kappa shape index (κ1) is 8.98. The van der Waals surface area contributed by atoms with Crippen molar-refractivity contribution in [2.24, 2.45) is 5.92 Å². The van der Waals surface area contributed by atoms with E-state index >= 15 is 0 Å². The van der Waals surface area contributed by atoms with Crippen LogP contribution in [0.1, 0.15) is 25.7 Å². The summed E-state index contributed by atoms with van der Waals surface area (Å²) >= 11 is 0. The molecule has 2 rings (SSSR count). The number of hydrogen-bond donors (Lipinski definition) is 1. The summed E-state index contributed by atoms with van der Waals surface area (Å²) in [6, 6.07) is 2.36. The summed E-state index contributed by atoms with van der Waals surface area (Å²) in [6.45, 7) is 2.38. The third-order valence-electron chi connectivity index (χ3n) is 2.88. The van der Waals surface area contributed by atoms with Crippen molar-refractivity contribution in [3.05, 3.63) is 0 Å². The lowest BCUT2D eigenvalue weighted by Gasteiger charge is -2.31. The second kappa shape index (κ2) is 3.65. The van der Waals surface area contributed by atoms with Gasteiger partial charge in [-0.25, -0.2) is 0 Å². The van der Waals surface area contributed by atoms with E-state index in [1.807, 2.05) is 0 Å². The minimum absolute atomic E-state index is 0.374. The van der Waals surface area contributed by atoms with Crippen molar-refractivity contribution in [1.82, 2.24) is 5.32 Å². The first-order valence-corrected chi connectivity index (χ1v) is 5.09. The fourth-order valence-corrected chi connectivity index (χ4v) is 1.72. The molecular formula is C10H16N2O. The molecule has 1 aliphatic carbocycles. The van der Waals surface area contributed by atoms with Crippen LogP contribution in [-0.2, 0) is 4.74 Å². The minimum atomic E-state index is -0.374. The molecule has 0 aromatic heterocycles. The zero-order chi connectivity index (χ0) is 9.15. The predicted molar refractivity (Wildman–Crippen MR) is 49.1 cm³/mol. The number of nitrogens with one attached hydrogen (secondary N) is 1. The number of hydrogen-bond acceptors (Lipinski definition) is 3. The third kappa shape index (κ3) is 2.20. The molecule has 1 atom stereocenters. The summed E-state index contributed by atoms with van der Waals surface area (Å²) in [6.07, 6.45) is 4.60. The number of nitrogens with zero attached hydrogens (tertiary/aromatic N) is 1. The third-order valence-corrected chi connectivity index (χ3v) is 2.88. The quantitative estimate of drug-likeness (QED) is 0.706. The van der Waals surface area contributed by atoms with Gasteiger partial charge in [0.1, 0.15) is 5.54 Å². The summed E-state index contributed by atoms with van der Waals surface area (Å²) in [5.41, 5.74) is -0.374. The monoisotopic (exact) mass is 180 g/mol. The van der Waals surface area contributed by atoms with E-state index in [9.17, 15) is 0 Å². The SMILES string of the molecule is N#CC1(NCC2CC2)CCCOC1. The highest BCUT2D eigenvalue weighted by molar-refractivity contribution is 5.08. The molecule has 0 bridgehead atoms. The van der Waals surface area contributed by atoms with E-state index in [0.29, 0.717) is 6.61 Å². The van der Waals surface area contributed by atoms with Gasteiger partial charge in [-0.15, -0.1) is 0 Å². The van der Waals surface area contributed by atoms with E-state index in [0.717, 1.165) is 31.9 Å². The van der Waals surface area contributed by atoms with Crippen molar-refractivity contribution < 1.29 is 4.74 Å². The van der Waals surface area contributed by atoms with Crippen molar-refractivity contribution in [3.8, 4) is 6.07 Å². The van der Waals surface area contributed by atoms with Gasteiger partial charge in [-0.2, -0.15) is 5.26 Å². The molecule has 2 aliphatic rings. The Morgan fingerprint density at radius 3 is 2.92 bits per heavy atom. The number of ether oxygens (including phenoxy) is 1. The summed E-state index contributed by atoms with van der Waals surface area (Å²) < 4.78 is 5.34. The maximum absolute atomic E-state index is 9.08. The molecule has 0 radical (unpaired) electrons. The van der Waals surface area contributed by atoms with Gasteiger partial charge in [0.25, 0.3) is 0 Å². The molecule has 2 fully saturated rings. The summed E-state index contributed by atoms with van der Waals surface area (Å²) in [7, 11) is 0.